The first kappa shape index (κ1) is 20.3. The Balaban J connectivity index is 1.45. The van der Waals surface area contributed by atoms with Gasteiger partial charge in [0.1, 0.15) is 0 Å². The van der Waals surface area contributed by atoms with Gasteiger partial charge in [0.05, 0.1) is 5.92 Å². The number of hydrogen-bond donors (Lipinski definition) is 0. The molecular weight excluding hydrogens is 374 g/mol. The summed E-state index contributed by atoms with van der Waals surface area (Å²) in [7, 11) is 0. The van der Waals surface area contributed by atoms with Crippen molar-refractivity contribution in [2.75, 3.05) is 11.4 Å². The summed E-state index contributed by atoms with van der Waals surface area (Å²) in [5.74, 6) is 1.62. The highest BCUT2D eigenvalue weighted by atomic mass is 16.5. The molecule has 0 radical (unpaired) electrons. The van der Waals surface area contributed by atoms with Crippen LogP contribution in [0.5, 0.6) is 0 Å². The molecule has 0 bridgehead atoms. The second-order valence-corrected chi connectivity index (χ2v) is 8.41. The van der Waals surface area contributed by atoms with Crippen LogP contribution in [0.25, 0.3) is 11.4 Å². The molecule has 1 atom stereocenters. The lowest BCUT2D eigenvalue weighted by molar-refractivity contribution is -0.117. The van der Waals surface area contributed by atoms with Gasteiger partial charge in [0.2, 0.25) is 17.6 Å². The third-order valence-electron chi connectivity index (χ3n) is 5.82. The van der Waals surface area contributed by atoms with Crippen molar-refractivity contribution >= 4 is 11.6 Å². The Morgan fingerprint density at radius 1 is 1.10 bits per heavy atom. The first-order valence-electron chi connectivity index (χ1n) is 10.9. The maximum absolute atomic E-state index is 12.6. The summed E-state index contributed by atoms with van der Waals surface area (Å²) in [6.45, 7) is 7.11. The highest BCUT2D eigenvalue weighted by molar-refractivity contribution is 5.96. The van der Waals surface area contributed by atoms with Crippen LogP contribution in [0.4, 0.5) is 5.69 Å². The van der Waals surface area contributed by atoms with Gasteiger partial charge < -0.3 is 9.42 Å². The van der Waals surface area contributed by atoms with E-state index in [0.29, 0.717) is 30.6 Å². The maximum Gasteiger partial charge on any atom is 0.232 e. The van der Waals surface area contributed by atoms with Crippen LogP contribution in [0.15, 0.2) is 53.1 Å². The Morgan fingerprint density at radius 2 is 1.83 bits per heavy atom. The molecule has 1 saturated heterocycles. The number of hydrogen-bond acceptors (Lipinski definition) is 4. The Bertz CT molecular complexity index is 990. The Labute approximate surface area is 178 Å². The van der Waals surface area contributed by atoms with Gasteiger partial charge in [-0.15, -0.1) is 0 Å². The second-order valence-electron chi connectivity index (χ2n) is 8.41. The van der Waals surface area contributed by atoms with Crippen LogP contribution in [0.1, 0.15) is 68.9 Å². The summed E-state index contributed by atoms with van der Waals surface area (Å²) >= 11 is 0. The number of carbonyl (C=O) groups is 1. The van der Waals surface area contributed by atoms with E-state index in [1.54, 1.807) is 0 Å². The van der Waals surface area contributed by atoms with E-state index in [0.717, 1.165) is 17.7 Å². The summed E-state index contributed by atoms with van der Waals surface area (Å²) < 4.78 is 5.54. The average molecular weight is 404 g/mol. The number of benzene rings is 2. The Morgan fingerprint density at radius 3 is 2.50 bits per heavy atom. The van der Waals surface area contributed by atoms with Crippen molar-refractivity contribution in [2.45, 2.75) is 58.3 Å². The van der Waals surface area contributed by atoms with Crippen molar-refractivity contribution < 1.29 is 9.32 Å². The summed E-state index contributed by atoms with van der Waals surface area (Å²) in [5.41, 5.74) is 4.46. The van der Waals surface area contributed by atoms with E-state index in [-0.39, 0.29) is 11.8 Å². The molecule has 4 rings (SSSR count). The molecule has 0 saturated carbocycles. The van der Waals surface area contributed by atoms with E-state index in [1.165, 1.54) is 24.0 Å². The van der Waals surface area contributed by atoms with E-state index in [2.05, 4.69) is 55.2 Å². The van der Waals surface area contributed by atoms with Crippen LogP contribution in [0, 0.1) is 0 Å². The highest BCUT2D eigenvalue weighted by Gasteiger charge is 2.35. The van der Waals surface area contributed by atoms with Crippen LogP contribution in [0.2, 0.25) is 0 Å². The van der Waals surface area contributed by atoms with Gasteiger partial charge in [0, 0.05) is 24.2 Å². The molecule has 0 N–H and O–H groups in total. The summed E-state index contributed by atoms with van der Waals surface area (Å²) in [6, 6.07) is 16.6. The third kappa shape index (κ3) is 4.30. The minimum absolute atomic E-state index is 0.0755. The van der Waals surface area contributed by atoms with Crippen LogP contribution >= 0.6 is 0 Å². The molecule has 3 aromatic rings. The lowest BCUT2D eigenvalue weighted by Gasteiger charge is -2.16. The molecule has 1 fully saturated rings. The Kier molecular flexibility index (Phi) is 5.98. The maximum atomic E-state index is 12.6. The van der Waals surface area contributed by atoms with E-state index in [9.17, 15) is 4.79 Å². The predicted octanol–water partition coefficient (Wildman–Crippen LogP) is 5.72. The predicted molar refractivity (Wildman–Crippen MR) is 119 cm³/mol. The normalized spacial score (nSPS) is 16.6. The summed E-state index contributed by atoms with van der Waals surface area (Å²) in [6.07, 6.45) is 3.84. The van der Waals surface area contributed by atoms with Crippen molar-refractivity contribution in [3.63, 3.8) is 0 Å². The van der Waals surface area contributed by atoms with Crippen molar-refractivity contribution in [1.82, 2.24) is 10.1 Å². The fourth-order valence-corrected chi connectivity index (χ4v) is 3.88. The largest absolute Gasteiger partial charge is 0.339 e. The SMILES string of the molecule is CCCCc1ccc(N2CC(c3nc(-c4ccc(C(C)C)cc4)no3)CC2=O)cc1. The second kappa shape index (κ2) is 8.82. The quantitative estimate of drug-likeness (QED) is 0.506. The molecule has 5 nitrogen and oxygen atoms in total. The van der Waals surface area contributed by atoms with Gasteiger partial charge in [0.15, 0.2) is 0 Å². The van der Waals surface area contributed by atoms with Gasteiger partial charge in [-0.25, -0.2) is 0 Å². The number of carbonyl (C=O) groups excluding carboxylic acids is 1. The molecule has 2 aromatic carbocycles. The van der Waals surface area contributed by atoms with Crippen molar-refractivity contribution in [3.05, 3.63) is 65.5 Å². The van der Waals surface area contributed by atoms with Gasteiger partial charge in [-0.2, -0.15) is 4.98 Å². The molecule has 0 spiro atoms. The van der Waals surface area contributed by atoms with Crippen molar-refractivity contribution in [1.29, 1.82) is 0 Å². The fraction of sp³-hybridized carbons (Fsp3) is 0.400. The first-order chi connectivity index (χ1) is 14.5. The molecular formula is C25H29N3O2. The van der Waals surface area contributed by atoms with Crippen LogP contribution in [0.3, 0.4) is 0 Å². The lowest BCUT2D eigenvalue weighted by Crippen LogP contribution is -2.24. The van der Waals surface area contributed by atoms with Crippen LogP contribution in [-0.2, 0) is 11.2 Å². The zero-order chi connectivity index (χ0) is 21.1. The van der Waals surface area contributed by atoms with Gasteiger partial charge >= 0.3 is 0 Å². The minimum atomic E-state index is -0.0755. The molecule has 1 aromatic heterocycles. The molecule has 1 amide bonds. The topological polar surface area (TPSA) is 59.2 Å². The number of amides is 1. The fourth-order valence-electron chi connectivity index (χ4n) is 3.88. The van der Waals surface area contributed by atoms with Crippen molar-refractivity contribution in [2.24, 2.45) is 0 Å². The molecule has 5 heteroatoms. The first-order valence-corrected chi connectivity index (χ1v) is 10.9. The number of aryl methyl sites for hydroxylation is 1. The van der Waals surface area contributed by atoms with Crippen LogP contribution < -0.4 is 4.90 Å². The zero-order valence-corrected chi connectivity index (χ0v) is 18.0. The molecule has 0 aliphatic carbocycles. The summed E-state index contributed by atoms with van der Waals surface area (Å²) in [4.78, 5) is 19.0. The van der Waals surface area contributed by atoms with Gasteiger partial charge in [-0.3, -0.25) is 4.79 Å². The zero-order valence-electron chi connectivity index (χ0n) is 18.0. The van der Waals surface area contributed by atoms with Crippen LogP contribution in [-0.4, -0.2) is 22.6 Å². The van der Waals surface area contributed by atoms with E-state index in [4.69, 9.17) is 4.52 Å². The minimum Gasteiger partial charge on any atom is -0.339 e. The Hall–Kier alpha value is -2.95. The van der Waals surface area contributed by atoms with Gasteiger partial charge in [-0.05, 0) is 42.0 Å². The molecule has 156 valence electrons. The third-order valence-corrected chi connectivity index (χ3v) is 5.82. The van der Waals surface area contributed by atoms with Gasteiger partial charge in [0.25, 0.3) is 0 Å². The van der Waals surface area contributed by atoms with E-state index in [1.807, 2.05) is 29.2 Å². The van der Waals surface area contributed by atoms with E-state index < -0.39 is 0 Å². The van der Waals surface area contributed by atoms with Crippen molar-refractivity contribution in [3.8, 4) is 11.4 Å². The summed E-state index contributed by atoms with van der Waals surface area (Å²) in [5, 5.41) is 4.15. The molecule has 1 aliphatic heterocycles. The van der Waals surface area contributed by atoms with E-state index >= 15 is 0 Å². The number of rotatable bonds is 7. The molecule has 1 unspecified atom stereocenters. The number of anilines is 1. The molecule has 30 heavy (non-hydrogen) atoms. The number of nitrogens with zero attached hydrogens (tertiary/aromatic N) is 3. The van der Waals surface area contributed by atoms with Gasteiger partial charge in [-0.1, -0.05) is 68.7 Å². The smallest absolute Gasteiger partial charge is 0.232 e. The highest BCUT2D eigenvalue weighted by Crippen LogP contribution is 2.32. The monoisotopic (exact) mass is 403 g/mol. The average Bonchev–Trinajstić information content (AvgIpc) is 3.40. The number of aromatic nitrogens is 2. The lowest BCUT2D eigenvalue weighted by atomic mass is 10.0. The number of unbranched alkanes of at least 4 members (excludes halogenated alkanes) is 1. The molecule has 2 heterocycles. The molecule has 1 aliphatic rings. The standard InChI is InChI=1S/C25H29N3O2/c1-4-5-6-18-7-13-22(14-8-18)28-16-21(15-23(28)29)25-26-24(27-30-25)20-11-9-19(10-12-20)17(2)3/h7-14,17,21H,4-6,15-16H2,1-3H3.